The molecule has 1 unspecified atom stereocenters. The van der Waals surface area contributed by atoms with Crippen molar-refractivity contribution in [3.63, 3.8) is 0 Å². The van der Waals surface area contributed by atoms with Gasteiger partial charge in [-0.2, -0.15) is 0 Å². The molecule has 8 heteroatoms. The first kappa shape index (κ1) is 19.2. The van der Waals surface area contributed by atoms with Gasteiger partial charge in [-0.3, -0.25) is 14.5 Å². The van der Waals surface area contributed by atoms with Gasteiger partial charge < -0.3 is 9.52 Å². The molecule has 1 amide bonds. The van der Waals surface area contributed by atoms with Crippen LogP contribution < -0.4 is 4.90 Å². The van der Waals surface area contributed by atoms with E-state index in [1.165, 1.54) is 46.6 Å². The lowest BCUT2D eigenvalue weighted by Crippen LogP contribution is -2.30. The standard InChI is InChI=1S/C23H15FN2O4S/c1-12-6-11-16(30-12)20(27)18-19(13-7-9-14(24)10-8-13)26(22(29)21(18)28)23-25-15-4-2-3-5-17(15)31-23/h2-11,19,28H,1H3. The third-order valence-corrected chi connectivity index (χ3v) is 6.13. The summed E-state index contributed by atoms with van der Waals surface area (Å²) in [7, 11) is 0. The number of aliphatic hydroxyl groups excluding tert-OH is 1. The quantitative estimate of drug-likeness (QED) is 0.451. The van der Waals surface area contributed by atoms with E-state index in [2.05, 4.69) is 4.98 Å². The highest BCUT2D eigenvalue weighted by Gasteiger charge is 2.46. The Morgan fingerprint density at radius 3 is 2.55 bits per heavy atom. The zero-order valence-corrected chi connectivity index (χ0v) is 17.0. The maximum atomic E-state index is 13.6. The summed E-state index contributed by atoms with van der Waals surface area (Å²) in [4.78, 5) is 32.1. The number of carbonyl (C=O) groups is 2. The second kappa shape index (κ2) is 7.17. The van der Waals surface area contributed by atoms with Gasteiger partial charge in [-0.25, -0.2) is 9.37 Å². The average molecular weight is 434 g/mol. The normalized spacial score (nSPS) is 16.5. The van der Waals surface area contributed by atoms with Crippen molar-refractivity contribution >= 4 is 38.4 Å². The highest BCUT2D eigenvalue weighted by Crippen LogP contribution is 2.44. The van der Waals surface area contributed by atoms with Crippen LogP contribution in [0.5, 0.6) is 0 Å². The van der Waals surface area contributed by atoms with E-state index in [0.717, 1.165) is 4.70 Å². The lowest BCUT2D eigenvalue weighted by atomic mass is 9.95. The Hall–Kier alpha value is -3.78. The molecule has 3 heterocycles. The first-order chi connectivity index (χ1) is 14.9. The molecular formula is C23H15FN2O4S. The molecule has 0 radical (unpaired) electrons. The molecule has 1 aliphatic heterocycles. The Morgan fingerprint density at radius 2 is 1.87 bits per heavy atom. The Bertz CT molecular complexity index is 1340. The summed E-state index contributed by atoms with van der Waals surface area (Å²) in [5.41, 5.74) is 1.02. The average Bonchev–Trinajstić information content (AvgIpc) is 3.45. The number of halogens is 1. The van der Waals surface area contributed by atoms with Crippen LogP contribution in [0.3, 0.4) is 0 Å². The summed E-state index contributed by atoms with van der Waals surface area (Å²) in [6, 6.07) is 14.9. The largest absolute Gasteiger partial charge is 0.503 e. The third kappa shape index (κ3) is 3.12. The first-order valence-electron chi connectivity index (χ1n) is 9.43. The van der Waals surface area contributed by atoms with E-state index in [0.29, 0.717) is 22.0 Å². The molecule has 1 aliphatic rings. The van der Waals surface area contributed by atoms with Gasteiger partial charge in [-0.1, -0.05) is 35.6 Å². The zero-order chi connectivity index (χ0) is 21.7. The number of fused-ring (bicyclic) bond motifs is 1. The predicted octanol–water partition coefficient (Wildman–Crippen LogP) is 5.12. The summed E-state index contributed by atoms with van der Waals surface area (Å²) in [5.74, 6) is -1.97. The number of amides is 1. The summed E-state index contributed by atoms with van der Waals surface area (Å²) < 4.78 is 19.9. The molecule has 0 saturated carbocycles. The number of aryl methyl sites for hydroxylation is 1. The third-order valence-electron chi connectivity index (χ3n) is 5.09. The van der Waals surface area contributed by atoms with E-state index in [1.54, 1.807) is 13.0 Å². The van der Waals surface area contributed by atoms with Crippen molar-refractivity contribution < 1.29 is 23.5 Å². The Labute approximate surface area is 179 Å². The number of para-hydroxylation sites is 1. The van der Waals surface area contributed by atoms with E-state index in [-0.39, 0.29) is 11.3 Å². The number of Topliss-reactive ketones (excluding diaryl/α,β-unsaturated/α-hetero) is 1. The van der Waals surface area contributed by atoms with Gasteiger partial charge >= 0.3 is 0 Å². The van der Waals surface area contributed by atoms with Crippen LogP contribution in [-0.2, 0) is 4.79 Å². The summed E-state index contributed by atoms with van der Waals surface area (Å²) in [6.07, 6.45) is 0. The highest BCUT2D eigenvalue weighted by atomic mass is 32.1. The van der Waals surface area contributed by atoms with Gasteiger partial charge in [0.1, 0.15) is 11.6 Å². The SMILES string of the molecule is Cc1ccc(C(=O)C2=C(O)C(=O)N(c3nc4ccccc4s3)C2c2ccc(F)cc2)o1. The summed E-state index contributed by atoms with van der Waals surface area (Å²) in [5, 5.41) is 11.0. The number of ketones is 1. The van der Waals surface area contributed by atoms with Gasteiger partial charge in [0.25, 0.3) is 5.91 Å². The Balaban J connectivity index is 1.68. The minimum atomic E-state index is -0.980. The molecule has 4 aromatic rings. The molecule has 0 aliphatic carbocycles. The zero-order valence-electron chi connectivity index (χ0n) is 16.2. The fourth-order valence-corrected chi connectivity index (χ4v) is 4.64. The van der Waals surface area contributed by atoms with Gasteiger partial charge in [0.15, 0.2) is 16.7 Å². The van der Waals surface area contributed by atoms with Crippen molar-refractivity contribution in [2.24, 2.45) is 0 Å². The van der Waals surface area contributed by atoms with Gasteiger partial charge in [0.2, 0.25) is 5.78 Å². The maximum Gasteiger partial charge on any atom is 0.296 e. The number of thiazole rings is 1. The van der Waals surface area contributed by atoms with E-state index in [4.69, 9.17) is 4.42 Å². The van der Waals surface area contributed by atoms with Crippen molar-refractivity contribution in [3.8, 4) is 0 Å². The molecule has 0 bridgehead atoms. The highest BCUT2D eigenvalue weighted by molar-refractivity contribution is 7.22. The molecule has 5 rings (SSSR count). The van der Waals surface area contributed by atoms with Crippen LogP contribution in [0.25, 0.3) is 10.2 Å². The van der Waals surface area contributed by atoms with Crippen molar-refractivity contribution in [2.75, 3.05) is 4.90 Å². The number of hydrogen-bond donors (Lipinski definition) is 1. The molecule has 31 heavy (non-hydrogen) atoms. The minimum Gasteiger partial charge on any atom is -0.503 e. The number of hydrogen-bond acceptors (Lipinski definition) is 6. The van der Waals surface area contributed by atoms with Crippen LogP contribution in [0.2, 0.25) is 0 Å². The number of carbonyl (C=O) groups excluding carboxylic acids is 2. The smallest absolute Gasteiger partial charge is 0.296 e. The lowest BCUT2D eigenvalue weighted by Gasteiger charge is -2.24. The van der Waals surface area contributed by atoms with Gasteiger partial charge in [-0.15, -0.1) is 0 Å². The fourth-order valence-electron chi connectivity index (χ4n) is 3.65. The number of furan rings is 1. The molecule has 154 valence electrons. The number of nitrogens with zero attached hydrogens (tertiary/aromatic N) is 2. The van der Waals surface area contributed by atoms with Gasteiger partial charge in [-0.05, 0) is 48.9 Å². The molecule has 2 aromatic heterocycles. The Morgan fingerprint density at radius 1 is 1.13 bits per heavy atom. The van der Waals surface area contributed by atoms with Crippen LogP contribution >= 0.6 is 11.3 Å². The van der Waals surface area contributed by atoms with Crippen LogP contribution in [0.1, 0.15) is 27.9 Å². The molecule has 0 spiro atoms. The maximum absolute atomic E-state index is 13.6. The van der Waals surface area contributed by atoms with Gasteiger partial charge in [0, 0.05) is 0 Å². The topological polar surface area (TPSA) is 83.6 Å². The van der Waals surface area contributed by atoms with E-state index >= 15 is 0 Å². The number of benzene rings is 2. The molecule has 6 nitrogen and oxygen atoms in total. The predicted molar refractivity (Wildman–Crippen MR) is 114 cm³/mol. The number of rotatable bonds is 4. The Kier molecular flexibility index (Phi) is 4.44. The van der Waals surface area contributed by atoms with Crippen molar-refractivity contribution in [3.05, 3.63) is 94.9 Å². The number of anilines is 1. The van der Waals surface area contributed by atoms with Crippen LogP contribution in [0.15, 0.2) is 76.4 Å². The lowest BCUT2D eigenvalue weighted by molar-refractivity contribution is -0.117. The van der Waals surface area contributed by atoms with Crippen molar-refractivity contribution in [1.29, 1.82) is 0 Å². The molecule has 1 N–H and O–H groups in total. The van der Waals surface area contributed by atoms with Crippen molar-refractivity contribution in [1.82, 2.24) is 4.98 Å². The second-order valence-electron chi connectivity index (χ2n) is 7.10. The minimum absolute atomic E-state index is 0.00473. The van der Waals surface area contributed by atoms with E-state index in [1.807, 2.05) is 24.3 Å². The van der Waals surface area contributed by atoms with Gasteiger partial charge in [0.05, 0.1) is 21.8 Å². The monoisotopic (exact) mass is 434 g/mol. The van der Waals surface area contributed by atoms with Crippen LogP contribution in [-0.4, -0.2) is 21.8 Å². The number of aliphatic hydroxyl groups is 1. The fraction of sp³-hybridized carbons (Fsp3) is 0.0870. The summed E-state index contributed by atoms with van der Waals surface area (Å²) in [6.45, 7) is 1.69. The molecule has 0 fully saturated rings. The second-order valence-corrected chi connectivity index (χ2v) is 8.10. The molecular weight excluding hydrogens is 419 g/mol. The van der Waals surface area contributed by atoms with Crippen LogP contribution in [0, 0.1) is 12.7 Å². The molecule has 0 saturated heterocycles. The summed E-state index contributed by atoms with van der Waals surface area (Å²) >= 11 is 1.26. The number of aromatic nitrogens is 1. The van der Waals surface area contributed by atoms with E-state index < -0.39 is 29.3 Å². The van der Waals surface area contributed by atoms with Crippen LogP contribution in [0.4, 0.5) is 9.52 Å². The molecule has 2 aromatic carbocycles. The van der Waals surface area contributed by atoms with Crippen molar-refractivity contribution in [2.45, 2.75) is 13.0 Å². The first-order valence-corrected chi connectivity index (χ1v) is 10.2. The van der Waals surface area contributed by atoms with E-state index in [9.17, 15) is 19.1 Å². The molecule has 1 atom stereocenters.